The Balaban J connectivity index is 2.13. The standard InChI is InChI=1S/C10H14N2O2/c1-7-8(3-2-6-11-7)12-9(13)4-5-10(12)14/h4-5,7-8,11H,2-3,6H2,1H3. The number of imide groups is 1. The Morgan fingerprint density at radius 2 is 2.00 bits per heavy atom. The molecule has 2 aliphatic rings. The van der Waals surface area contributed by atoms with E-state index in [1.54, 1.807) is 0 Å². The molecule has 0 aliphatic carbocycles. The van der Waals surface area contributed by atoms with Crippen molar-refractivity contribution in [3.05, 3.63) is 12.2 Å². The number of amides is 2. The molecule has 1 N–H and O–H groups in total. The number of rotatable bonds is 1. The summed E-state index contributed by atoms with van der Waals surface area (Å²) in [5.74, 6) is -0.342. The molecule has 1 fully saturated rings. The third-order valence-corrected chi connectivity index (χ3v) is 2.90. The molecule has 4 heteroatoms. The molecule has 0 aromatic carbocycles. The van der Waals surface area contributed by atoms with Crippen LogP contribution in [0.15, 0.2) is 12.2 Å². The van der Waals surface area contributed by atoms with Crippen LogP contribution in [0.4, 0.5) is 0 Å². The Morgan fingerprint density at radius 1 is 1.36 bits per heavy atom. The SMILES string of the molecule is CC1NCCCC1N1C(=O)C=CC1=O. The normalized spacial score (nSPS) is 32.8. The van der Waals surface area contributed by atoms with E-state index in [2.05, 4.69) is 5.32 Å². The van der Waals surface area contributed by atoms with E-state index in [4.69, 9.17) is 0 Å². The van der Waals surface area contributed by atoms with Gasteiger partial charge < -0.3 is 5.32 Å². The van der Waals surface area contributed by atoms with Crippen LogP contribution >= 0.6 is 0 Å². The second kappa shape index (κ2) is 3.53. The van der Waals surface area contributed by atoms with Gasteiger partial charge in [0, 0.05) is 18.2 Å². The summed E-state index contributed by atoms with van der Waals surface area (Å²) in [6.07, 6.45) is 4.63. The van der Waals surface area contributed by atoms with E-state index in [1.807, 2.05) is 6.92 Å². The minimum absolute atomic E-state index is 0.0266. The first-order valence-electron chi connectivity index (χ1n) is 4.99. The average molecular weight is 194 g/mol. The van der Waals surface area contributed by atoms with E-state index in [0.717, 1.165) is 19.4 Å². The molecule has 0 spiro atoms. The van der Waals surface area contributed by atoms with Gasteiger partial charge in [-0.15, -0.1) is 0 Å². The summed E-state index contributed by atoms with van der Waals surface area (Å²) in [5, 5.41) is 3.28. The number of carbonyl (C=O) groups excluding carboxylic acids is 2. The van der Waals surface area contributed by atoms with Crippen molar-refractivity contribution < 1.29 is 9.59 Å². The number of piperidine rings is 1. The summed E-state index contributed by atoms with van der Waals surface area (Å²) in [6.45, 7) is 2.99. The van der Waals surface area contributed by atoms with Crippen molar-refractivity contribution >= 4 is 11.8 Å². The van der Waals surface area contributed by atoms with Gasteiger partial charge in [0.1, 0.15) is 0 Å². The topological polar surface area (TPSA) is 49.4 Å². The Hall–Kier alpha value is -1.16. The summed E-state index contributed by atoms with van der Waals surface area (Å²) >= 11 is 0. The summed E-state index contributed by atoms with van der Waals surface area (Å²) in [5.41, 5.74) is 0. The minimum atomic E-state index is -0.171. The number of hydrogen-bond donors (Lipinski definition) is 1. The Kier molecular flexibility index (Phi) is 2.37. The van der Waals surface area contributed by atoms with Gasteiger partial charge in [-0.3, -0.25) is 14.5 Å². The van der Waals surface area contributed by atoms with Gasteiger partial charge in [0.05, 0.1) is 6.04 Å². The predicted octanol–water partition coefficient (Wildman–Crippen LogP) is 0.0519. The van der Waals surface area contributed by atoms with E-state index < -0.39 is 0 Å². The molecule has 2 amide bonds. The zero-order chi connectivity index (χ0) is 10.1. The smallest absolute Gasteiger partial charge is 0.253 e. The third kappa shape index (κ3) is 1.46. The van der Waals surface area contributed by atoms with Crippen LogP contribution < -0.4 is 5.32 Å². The fourth-order valence-corrected chi connectivity index (χ4v) is 2.12. The first-order chi connectivity index (χ1) is 6.70. The van der Waals surface area contributed by atoms with Crippen LogP contribution in [0.2, 0.25) is 0 Å². The summed E-state index contributed by atoms with van der Waals surface area (Å²) < 4.78 is 0. The lowest BCUT2D eigenvalue weighted by molar-refractivity contribution is -0.140. The lowest BCUT2D eigenvalue weighted by Crippen LogP contribution is -2.54. The highest BCUT2D eigenvalue weighted by molar-refractivity contribution is 6.13. The third-order valence-electron chi connectivity index (χ3n) is 2.90. The highest BCUT2D eigenvalue weighted by Gasteiger charge is 2.35. The number of hydrogen-bond acceptors (Lipinski definition) is 3. The highest BCUT2D eigenvalue weighted by Crippen LogP contribution is 2.19. The largest absolute Gasteiger partial charge is 0.312 e. The van der Waals surface area contributed by atoms with Crippen LogP contribution in [0.3, 0.4) is 0 Å². The number of nitrogens with one attached hydrogen (secondary N) is 1. The van der Waals surface area contributed by atoms with Gasteiger partial charge in [0.2, 0.25) is 0 Å². The maximum absolute atomic E-state index is 11.4. The fraction of sp³-hybridized carbons (Fsp3) is 0.600. The van der Waals surface area contributed by atoms with Crippen molar-refractivity contribution in [1.82, 2.24) is 10.2 Å². The molecule has 0 bridgehead atoms. The second-order valence-corrected chi connectivity index (χ2v) is 3.83. The van der Waals surface area contributed by atoms with Crippen LogP contribution in [0.5, 0.6) is 0 Å². The van der Waals surface area contributed by atoms with Gasteiger partial charge in [-0.1, -0.05) is 0 Å². The Morgan fingerprint density at radius 3 is 2.57 bits per heavy atom. The molecular formula is C10H14N2O2. The summed E-state index contributed by atoms with van der Waals surface area (Å²) in [4.78, 5) is 24.2. The van der Waals surface area contributed by atoms with Crippen molar-refractivity contribution in [2.75, 3.05) is 6.54 Å². The molecule has 2 rings (SSSR count). The monoisotopic (exact) mass is 194 g/mol. The Labute approximate surface area is 83.0 Å². The zero-order valence-corrected chi connectivity index (χ0v) is 8.19. The van der Waals surface area contributed by atoms with Crippen LogP contribution in [-0.2, 0) is 9.59 Å². The number of nitrogens with zero attached hydrogens (tertiary/aromatic N) is 1. The van der Waals surface area contributed by atoms with Gasteiger partial charge in [-0.05, 0) is 26.3 Å². The minimum Gasteiger partial charge on any atom is -0.312 e. The summed E-state index contributed by atoms with van der Waals surface area (Å²) in [7, 11) is 0. The molecule has 0 aromatic rings. The van der Waals surface area contributed by atoms with E-state index in [1.165, 1.54) is 17.1 Å². The lowest BCUT2D eigenvalue weighted by atomic mass is 9.98. The molecule has 0 saturated carbocycles. The predicted molar refractivity (Wildman–Crippen MR) is 51.5 cm³/mol. The highest BCUT2D eigenvalue weighted by atomic mass is 16.2. The molecule has 2 aliphatic heterocycles. The van der Waals surface area contributed by atoms with Crippen molar-refractivity contribution in [2.24, 2.45) is 0 Å². The quantitative estimate of drug-likeness (QED) is 0.600. The molecule has 4 nitrogen and oxygen atoms in total. The van der Waals surface area contributed by atoms with Gasteiger partial charge in [0.25, 0.3) is 11.8 Å². The molecule has 2 atom stereocenters. The fourth-order valence-electron chi connectivity index (χ4n) is 2.12. The Bertz CT molecular complexity index is 280. The van der Waals surface area contributed by atoms with Crippen molar-refractivity contribution in [2.45, 2.75) is 31.8 Å². The zero-order valence-electron chi connectivity index (χ0n) is 8.19. The maximum atomic E-state index is 11.4. The lowest BCUT2D eigenvalue weighted by Gasteiger charge is -2.35. The first kappa shape index (κ1) is 9.40. The van der Waals surface area contributed by atoms with Gasteiger partial charge >= 0.3 is 0 Å². The molecule has 0 aromatic heterocycles. The van der Waals surface area contributed by atoms with Crippen LogP contribution in [0.25, 0.3) is 0 Å². The van der Waals surface area contributed by atoms with Crippen molar-refractivity contribution in [1.29, 1.82) is 0 Å². The van der Waals surface area contributed by atoms with Crippen LogP contribution in [0, 0.1) is 0 Å². The summed E-state index contributed by atoms with van der Waals surface area (Å²) in [6, 6.07) is 0.232. The molecule has 76 valence electrons. The van der Waals surface area contributed by atoms with E-state index in [-0.39, 0.29) is 23.9 Å². The number of carbonyl (C=O) groups is 2. The van der Waals surface area contributed by atoms with Crippen molar-refractivity contribution in [3.63, 3.8) is 0 Å². The van der Waals surface area contributed by atoms with Crippen LogP contribution in [0.1, 0.15) is 19.8 Å². The molecule has 0 radical (unpaired) electrons. The van der Waals surface area contributed by atoms with E-state index in [9.17, 15) is 9.59 Å². The second-order valence-electron chi connectivity index (χ2n) is 3.83. The van der Waals surface area contributed by atoms with Crippen LogP contribution in [-0.4, -0.2) is 35.3 Å². The van der Waals surface area contributed by atoms with Gasteiger partial charge in [-0.25, -0.2) is 0 Å². The van der Waals surface area contributed by atoms with Gasteiger partial charge in [0.15, 0.2) is 0 Å². The van der Waals surface area contributed by atoms with E-state index in [0.29, 0.717) is 0 Å². The molecule has 2 heterocycles. The first-order valence-corrected chi connectivity index (χ1v) is 4.99. The van der Waals surface area contributed by atoms with Crippen molar-refractivity contribution in [3.8, 4) is 0 Å². The van der Waals surface area contributed by atoms with E-state index >= 15 is 0 Å². The molecule has 14 heavy (non-hydrogen) atoms. The maximum Gasteiger partial charge on any atom is 0.253 e. The molecule has 1 saturated heterocycles. The molecule has 2 unspecified atom stereocenters. The average Bonchev–Trinajstić information content (AvgIpc) is 2.48. The van der Waals surface area contributed by atoms with Gasteiger partial charge in [-0.2, -0.15) is 0 Å². The molecular weight excluding hydrogens is 180 g/mol.